The molecule has 24 heavy (non-hydrogen) atoms. The fourth-order valence-electron chi connectivity index (χ4n) is 3.00. The summed E-state index contributed by atoms with van der Waals surface area (Å²) in [4.78, 5) is 23.1. The Kier molecular flexibility index (Phi) is 4.49. The lowest BCUT2D eigenvalue weighted by molar-refractivity contribution is -0.482. The number of aromatic nitrogens is 1. The van der Waals surface area contributed by atoms with Crippen LogP contribution in [0.2, 0.25) is 0 Å². The maximum atomic E-state index is 12.2. The predicted octanol–water partition coefficient (Wildman–Crippen LogP) is 4.47. The molecule has 3 rings (SSSR count). The van der Waals surface area contributed by atoms with Gasteiger partial charge in [0.1, 0.15) is 0 Å². The molecule has 0 spiro atoms. The number of fused-ring (bicyclic) bond motifs is 1. The molecule has 0 saturated carbocycles. The highest BCUT2D eigenvalue weighted by atomic mass is 79.9. The van der Waals surface area contributed by atoms with E-state index in [1.807, 2.05) is 54.6 Å². The summed E-state index contributed by atoms with van der Waals surface area (Å²) in [5.41, 5.74) is 2.22. The van der Waals surface area contributed by atoms with E-state index in [1.165, 1.54) is 6.92 Å². The molecule has 0 aliphatic carbocycles. The zero-order valence-corrected chi connectivity index (χ0v) is 14.6. The third-order valence-electron chi connectivity index (χ3n) is 4.02. The van der Waals surface area contributed by atoms with Crippen LogP contribution in [0.1, 0.15) is 28.9 Å². The third kappa shape index (κ3) is 3.10. The van der Waals surface area contributed by atoms with Crippen LogP contribution >= 0.6 is 15.9 Å². The van der Waals surface area contributed by atoms with Gasteiger partial charge in [-0.25, -0.2) is 0 Å². The number of carbonyl (C=O) groups excluding carboxylic acids is 1. The molecule has 0 unspecified atom stereocenters. The Labute approximate surface area is 147 Å². The van der Waals surface area contributed by atoms with E-state index in [4.69, 9.17) is 0 Å². The summed E-state index contributed by atoms with van der Waals surface area (Å²) in [5, 5.41) is 12.1. The summed E-state index contributed by atoms with van der Waals surface area (Å²) >= 11 is 3.37. The van der Waals surface area contributed by atoms with Crippen molar-refractivity contribution in [3.8, 4) is 0 Å². The normalized spacial score (nSPS) is 12.2. The average molecular weight is 387 g/mol. The molecule has 0 saturated heterocycles. The van der Waals surface area contributed by atoms with Gasteiger partial charge in [0.05, 0.1) is 11.4 Å². The van der Waals surface area contributed by atoms with Crippen molar-refractivity contribution in [2.75, 3.05) is 6.54 Å². The van der Waals surface area contributed by atoms with Crippen molar-refractivity contribution in [3.05, 3.63) is 80.4 Å². The molecule has 0 amide bonds. The highest BCUT2D eigenvalue weighted by Crippen LogP contribution is 2.31. The van der Waals surface area contributed by atoms with E-state index in [9.17, 15) is 14.9 Å². The van der Waals surface area contributed by atoms with Gasteiger partial charge in [0.25, 0.3) is 0 Å². The maximum Gasteiger partial charge on any atom is 0.228 e. The number of nitrogens with zero attached hydrogens (tertiary/aromatic N) is 2. The zero-order valence-electron chi connectivity index (χ0n) is 13.0. The molecule has 1 heterocycles. The largest absolute Gasteiger partial charge is 0.284 e. The second kappa shape index (κ2) is 6.57. The van der Waals surface area contributed by atoms with Crippen LogP contribution in [-0.2, 0) is 0 Å². The number of rotatable bonds is 4. The van der Waals surface area contributed by atoms with Crippen LogP contribution in [0.4, 0.5) is 0 Å². The molecule has 0 N–H and O–H groups in total. The first-order valence-electron chi connectivity index (χ1n) is 7.46. The average Bonchev–Trinajstić information content (AvgIpc) is 2.92. The number of nitro groups is 1. The molecule has 2 aromatic carbocycles. The predicted molar refractivity (Wildman–Crippen MR) is 96.1 cm³/mol. The standard InChI is InChI=1S/C18H15BrN2O3/c1-12(22)21-17-5-3-2-4-14(17)10-18(21)16(11-20(23)24)13-6-8-15(19)9-7-13/h2-10,16H,11H2,1H3/t16-/m1/s1. The lowest BCUT2D eigenvalue weighted by Gasteiger charge is -2.16. The minimum atomic E-state index is -0.496. The highest BCUT2D eigenvalue weighted by Gasteiger charge is 2.26. The quantitative estimate of drug-likeness (QED) is 0.490. The SMILES string of the molecule is CC(=O)n1c([C@H](C[N+](=O)[O-])c2ccc(Br)cc2)cc2ccccc21. The fraction of sp³-hybridized carbons (Fsp3) is 0.167. The van der Waals surface area contributed by atoms with Crippen LogP contribution in [0.3, 0.4) is 0 Å². The topological polar surface area (TPSA) is 65.1 Å². The van der Waals surface area contributed by atoms with E-state index in [0.717, 1.165) is 20.9 Å². The summed E-state index contributed by atoms with van der Waals surface area (Å²) in [6, 6.07) is 16.8. The van der Waals surface area contributed by atoms with Crippen LogP contribution in [-0.4, -0.2) is 21.9 Å². The molecule has 0 radical (unpaired) electrons. The van der Waals surface area contributed by atoms with Gasteiger partial charge in [-0.05, 0) is 29.8 Å². The third-order valence-corrected chi connectivity index (χ3v) is 4.54. The smallest absolute Gasteiger partial charge is 0.228 e. The van der Waals surface area contributed by atoms with Gasteiger partial charge < -0.3 is 0 Å². The number of benzene rings is 2. The number of carbonyl (C=O) groups is 1. The number of para-hydroxylation sites is 1. The van der Waals surface area contributed by atoms with Gasteiger partial charge >= 0.3 is 0 Å². The second-order valence-electron chi connectivity index (χ2n) is 5.60. The Morgan fingerprint density at radius 3 is 2.50 bits per heavy atom. The van der Waals surface area contributed by atoms with Crippen LogP contribution in [0, 0.1) is 10.1 Å². The van der Waals surface area contributed by atoms with Crippen molar-refractivity contribution in [3.63, 3.8) is 0 Å². The molecular formula is C18H15BrN2O3. The van der Waals surface area contributed by atoms with Crippen LogP contribution in [0.15, 0.2) is 59.1 Å². The van der Waals surface area contributed by atoms with Crippen LogP contribution in [0.5, 0.6) is 0 Å². The summed E-state index contributed by atoms with van der Waals surface area (Å²) in [7, 11) is 0. The lowest BCUT2D eigenvalue weighted by atomic mass is 9.95. The molecular weight excluding hydrogens is 372 g/mol. The Hall–Kier alpha value is -2.47. The van der Waals surface area contributed by atoms with Gasteiger partial charge in [-0.2, -0.15) is 0 Å². The molecule has 0 fully saturated rings. The van der Waals surface area contributed by atoms with E-state index >= 15 is 0 Å². The number of halogens is 1. The molecule has 0 aliphatic rings. The van der Waals surface area contributed by atoms with Gasteiger partial charge in [-0.3, -0.25) is 19.5 Å². The Balaban J connectivity index is 2.22. The van der Waals surface area contributed by atoms with Crippen LogP contribution < -0.4 is 0 Å². The monoisotopic (exact) mass is 386 g/mol. The molecule has 122 valence electrons. The van der Waals surface area contributed by atoms with Crippen molar-refractivity contribution in [1.82, 2.24) is 4.57 Å². The number of hydrogen-bond acceptors (Lipinski definition) is 3. The van der Waals surface area contributed by atoms with E-state index in [2.05, 4.69) is 15.9 Å². The fourth-order valence-corrected chi connectivity index (χ4v) is 3.26. The molecule has 3 aromatic rings. The molecule has 0 aliphatic heterocycles. The molecule has 1 atom stereocenters. The summed E-state index contributed by atoms with van der Waals surface area (Å²) < 4.78 is 2.48. The van der Waals surface area contributed by atoms with Crippen molar-refractivity contribution in [1.29, 1.82) is 0 Å². The van der Waals surface area contributed by atoms with Crippen molar-refractivity contribution >= 4 is 32.7 Å². The first-order chi connectivity index (χ1) is 11.5. The Morgan fingerprint density at radius 2 is 1.88 bits per heavy atom. The van der Waals surface area contributed by atoms with Gasteiger partial charge in [-0.15, -0.1) is 0 Å². The minimum absolute atomic E-state index is 0.156. The van der Waals surface area contributed by atoms with Gasteiger partial charge in [0.2, 0.25) is 12.5 Å². The Morgan fingerprint density at radius 1 is 1.21 bits per heavy atom. The van der Waals surface area contributed by atoms with Crippen molar-refractivity contribution < 1.29 is 9.72 Å². The number of hydrogen-bond donors (Lipinski definition) is 0. The van der Waals surface area contributed by atoms with E-state index in [0.29, 0.717) is 5.69 Å². The van der Waals surface area contributed by atoms with Crippen molar-refractivity contribution in [2.24, 2.45) is 0 Å². The lowest BCUT2D eigenvalue weighted by Crippen LogP contribution is -2.19. The molecule has 5 nitrogen and oxygen atoms in total. The maximum absolute atomic E-state index is 12.2. The van der Waals surface area contributed by atoms with Gasteiger partial charge in [0.15, 0.2) is 0 Å². The first kappa shape index (κ1) is 16.4. The summed E-state index contributed by atoms with van der Waals surface area (Å²) in [6.45, 7) is 1.20. The summed E-state index contributed by atoms with van der Waals surface area (Å²) in [6.07, 6.45) is 0. The molecule has 6 heteroatoms. The highest BCUT2D eigenvalue weighted by molar-refractivity contribution is 9.10. The minimum Gasteiger partial charge on any atom is -0.284 e. The zero-order chi connectivity index (χ0) is 17.3. The van der Waals surface area contributed by atoms with Gasteiger partial charge in [0, 0.05) is 27.4 Å². The van der Waals surface area contributed by atoms with E-state index < -0.39 is 5.92 Å². The first-order valence-corrected chi connectivity index (χ1v) is 8.25. The second-order valence-corrected chi connectivity index (χ2v) is 6.52. The van der Waals surface area contributed by atoms with Crippen LogP contribution in [0.25, 0.3) is 10.9 Å². The molecule has 0 bridgehead atoms. The van der Waals surface area contributed by atoms with Gasteiger partial charge in [-0.1, -0.05) is 46.3 Å². The summed E-state index contributed by atoms with van der Waals surface area (Å²) in [5.74, 6) is -0.652. The van der Waals surface area contributed by atoms with Crippen molar-refractivity contribution in [2.45, 2.75) is 12.8 Å². The molecule has 1 aromatic heterocycles. The van der Waals surface area contributed by atoms with E-state index in [-0.39, 0.29) is 17.4 Å². The van der Waals surface area contributed by atoms with E-state index in [1.54, 1.807) is 4.57 Å². The Bertz CT molecular complexity index is 916.